The van der Waals surface area contributed by atoms with Crippen molar-refractivity contribution in [2.45, 2.75) is 16.7 Å². The molecule has 23 heavy (non-hydrogen) atoms. The second kappa shape index (κ2) is 5.29. The molecule has 0 amide bonds. The maximum Gasteiger partial charge on any atom is 0.347 e. The van der Waals surface area contributed by atoms with Gasteiger partial charge in [-0.2, -0.15) is 0 Å². The Bertz CT molecular complexity index is 943. The fraction of sp³-hybridized carbons (Fsp3) is 0.154. The van der Waals surface area contributed by atoms with Crippen molar-refractivity contribution in [3.63, 3.8) is 0 Å². The summed E-state index contributed by atoms with van der Waals surface area (Å²) in [5, 5.41) is 14.3. The van der Waals surface area contributed by atoms with E-state index in [4.69, 9.17) is 16.1 Å². The summed E-state index contributed by atoms with van der Waals surface area (Å²) in [7, 11) is -4.27. The molecule has 2 aromatic rings. The van der Waals surface area contributed by atoms with E-state index in [1.807, 2.05) is 0 Å². The van der Waals surface area contributed by atoms with Gasteiger partial charge in [0.1, 0.15) is 9.90 Å². The van der Waals surface area contributed by atoms with Crippen LogP contribution in [0.5, 0.6) is 0 Å². The van der Waals surface area contributed by atoms with E-state index in [1.165, 1.54) is 29.8 Å². The third kappa shape index (κ3) is 2.15. The van der Waals surface area contributed by atoms with Crippen molar-refractivity contribution < 1.29 is 22.8 Å². The molecule has 0 radical (unpaired) electrons. The molecule has 3 heterocycles. The Kier molecular flexibility index (Phi) is 3.66. The molecule has 0 aromatic carbocycles. The first kappa shape index (κ1) is 15.9. The number of hydrogen-bond donors (Lipinski definition) is 1. The number of hydrogen-bond acceptors (Lipinski definition) is 7. The van der Waals surface area contributed by atoms with Gasteiger partial charge in [-0.25, -0.2) is 13.2 Å². The number of aryl methyl sites for hydroxylation is 1. The number of aliphatic imine (C=N–C) groups is 1. The number of rotatable bonds is 4. The second-order valence-electron chi connectivity index (χ2n) is 4.67. The highest BCUT2D eigenvalue weighted by atomic mass is 35.5. The third-order valence-electron chi connectivity index (χ3n) is 3.31. The summed E-state index contributed by atoms with van der Waals surface area (Å²) in [5.41, 5.74) is 0.315. The maximum absolute atomic E-state index is 13.1. The van der Waals surface area contributed by atoms with Gasteiger partial charge in [0, 0.05) is 6.21 Å². The topological polar surface area (TPSA) is 110 Å². The van der Waals surface area contributed by atoms with Gasteiger partial charge in [0.15, 0.2) is 0 Å². The highest BCUT2D eigenvalue weighted by Gasteiger charge is 2.51. The summed E-state index contributed by atoms with van der Waals surface area (Å²) in [6.45, 7) is 1.56. The lowest BCUT2D eigenvalue weighted by Gasteiger charge is -2.21. The number of aromatic nitrogens is 1. The quantitative estimate of drug-likeness (QED) is 0.883. The van der Waals surface area contributed by atoms with Crippen LogP contribution in [0.15, 0.2) is 38.0 Å². The predicted octanol–water partition coefficient (Wildman–Crippen LogP) is 2.66. The van der Waals surface area contributed by atoms with E-state index < -0.39 is 20.7 Å². The number of carbonyl (C=O) groups is 1. The molecule has 1 N–H and O–H groups in total. The van der Waals surface area contributed by atoms with E-state index >= 15 is 0 Å². The normalized spacial score (nSPS) is 20.3. The summed E-state index contributed by atoms with van der Waals surface area (Å²) in [5.74, 6) is -1.50. The molecule has 0 saturated heterocycles. The Morgan fingerprint density at radius 2 is 2.22 bits per heavy atom. The van der Waals surface area contributed by atoms with Crippen molar-refractivity contribution in [2.75, 3.05) is 0 Å². The van der Waals surface area contributed by atoms with Crippen LogP contribution in [0.4, 0.5) is 0 Å². The van der Waals surface area contributed by atoms with Gasteiger partial charge in [-0.05, 0) is 30.5 Å². The average Bonchev–Trinajstić information content (AvgIpc) is 3.20. The summed E-state index contributed by atoms with van der Waals surface area (Å²) < 4.78 is 31.4. The van der Waals surface area contributed by atoms with Crippen molar-refractivity contribution in [2.24, 2.45) is 4.99 Å². The van der Waals surface area contributed by atoms with Crippen molar-refractivity contribution in [1.29, 1.82) is 0 Å². The fourth-order valence-corrected chi connectivity index (χ4v) is 5.41. The molecule has 120 valence electrons. The number of thiophene rings is 1. The van der Waals surface area contributed by atoms with Gasteiger partial charge in [0.05, 0.1) is 10.6 Å². The van der Waals surface area contributed by atoms with Crippen LogP contribution in [0.3, 0.4) is 0 Å². The van der Waals surface area contributed by atoms with Gasteiger partial charge >= 0.3 is 5.97 Å². The molecular formula is C13H9ClN2O5S2. The highest BCUT2D eigenvalue weighted by Crippen LogP contribution is 2.45. The zero-order valence-corrected chi connectivity index (χ0v) is 13.9. The Hall–Kier alpha value is -1.97. The largest absolute Gasteiger partial charge is 0.477 e. The summed E-state index contributed by atoms with van der Waals surface area (Å²) >= 11 is 6.92. The van der Waals surface area contributed by atoms with Crippen LogP contribution in [0.1, 0.15) is 21.1 Å². The predicted molar refractivity (Wildman–Crippen MR) is 84.0 cm³/mol. The lowest BCUT2D eigenvalue weighted by molar-refractivity contribution is 0.0698. The summed E-state index contributed by atoms with van der Waals surface area (Å²) in [4.78, 5) is 12.7. The Balaban J connectivity index is 2.29. The van der Waals surface area contributed by atoms with E-state index in [0.29, 0.717) is 5.69 Å². The first-order valence-electron chi connectivity index (χ1n) is 6.22. The lowest BCUT2D eigenvalue weighted by atomic mass is 10.2. The van der Waals surface area contributed by atoms with E-state index in [2.05, 4.69) is 10.1 Å². The van der Waals surface area contributed by atoms with Crippen molar-refractivity contribution in [3.8, 4) is 0 Å². The van der Waals surface area contributed by atoms with Gasteiger partial charge in [-0.15, -0.1) is 11.3 Å². The van der Waals surface area contributed by atoms with Gasteiger partial charge in [0.25, 0.3) is 0 Å². The average molecular weight is 373 g/mol. The van der Waals surface area contributed by atoms with Crippen LogP contribution in [0, 0.1) is 6.92 Å². The molecule has 7 nitrogen and oxygen atoms in total. The molecule has 1 aliphatic heterocycles. The molecule has 3 rings (SSSR count). The van der Waals surface area contributed by atoms with E-state index in [9.17, 15) is 18.3 Å². The van der Waals surface area contributed by atoms with E-state index in [1.54, 1.807) is 6.92 Å². The van der Waals surface area contributed by atoms with Crippen LogP contribution in [0.2, 0.25) is 5.02 Å². The Labute approximate surface area is 139 Å². The van der Waals surface area contributed by atoms with Gasteiger partial charge in [-0.3, -0.25) is 4.99 Å². The summed E-state index contributed by atoms with van der Waals surface area (Å²) in [6, 6.07) is 1.23. The number of nitrogens with zero attached hydrogens (tertiary/aromatic N) is 2. The molecule has 1 atom stereocenters. The van der Waals surface area contributed by atoms with Crippen molar-refractivity contribution in [1.82, 2.24) is 5.16 Å². The fourth-order valence-electron chi connectivity index (χ4n) is 2.20. The number of allylic oxidation sites excluding steroid dienone is 1. The molecule has 0 fully saturated rings. The number of carboxylic acids is 1. The van der Waals surface area contributed by atoms with E-state index in [-0.39, 0.29) is 20.6 Å². The number of carboxylic acid groups (broad SMARTS) is 1. The zero-order valence-electron chi connectivity index (χ0n) is 11.6. The lowest BCUT2D eigenvalue weighted by Crippen LogP contribution is -2.31. The second-order valence-corrected chi connectivity index (χ2v) is 8.03. The van der Waals surface area contributed by atoms with Crippen LogP contribution in [0.25, 0.3) is 0 Å². The molecule has 10 heteroatoms. The van der Waals surface area contributed by atoms with Gasteiger partial charge in [0.2, 0.25) is 20.5 Å². The van der Waals surface area contributed by atoms with Gasteiger partial charge in [-0.1, -0.05) is 16.8 Å². The first-order valence-corrected chi connectivity index (χ1v) is 8.96. The molecule has 1 unspecified atom stereocenters. The molecule has 1 aliphatic rings. The van der Waals surface area contributed by atoms with E-state index in [0.717, 1.165) is 11.3 Å². The Morgan fingerprint density at radius 1 is 1.48 bits per heavy atom. The minimum absolute atomic E-state index is 0.0318. The molecule has 0 spiro atoms. The minimum Gasteiger partial charge on any atom is -0.477 e. The van der Waals surface area contributed by atoms with Crippen LogP contribution in [-0.2, 0) is 14.7 Å². The number of halogens is 1. The van der Waals surface area contributed by atoms with Crippen LogP contribution in [-0.4, -0.2) is 30.9 Å². The Morgan fingerprint density at radius 3 is 2.74 bits per heavy atom. The van der Waals surface area contributed by atoms with Crippen molar-refractivity contribution in [3.05, 3.63) is 45.0 Å². The molecule has 0 bridgehead atoms. The number of sulfone groups is 1. The van der Waals surface area contributed by atoms with Crippen LogP contribution < -0.4 is 0 Å². The standard InChI is InChI=1S/C13H9ClN2O5S2/c1-7-9(14)11(21-16-7)13(4-2-5-15-13)23(19,20)8-3-6-22-10(8)12(17)18/h2-6H,1H3,(H,17,18). The monoisotopic (exact) mass is 372 g/mol. The number of aromatic carboxylic acids is 1. The van der Waals surface area contributed by atoms with Crippen LogP contribution >= 0.6 is 22.9 Å². The summed E-state index contributed by atoms with van der Waals surface area (Å²) in [6.07, 6.45) is 4.01. The maximum atomic E-state index is 13.1. The third-order valence-corrected chi connectivity index (χ3v) is 6.96. The minimum atomic E-state index is -4.27. The first-order chi connectivity index (χ1) is 10.8. The zero-order chi connectivity index (χ0) is 16.8. The smallest absolute Gasteiger partial charge is 0.347 e. The van der Waals surface area contributed by atoms with Gasteiger partial charge < -0.3 is 9.63 Å². The SMILES string of the molecule is Cc1noc(C2(S(=O)(=O)c3ccsc3C(=O)O)C=CC=N2)c1Cl. The molecule has 2 aromatic heterocycles. The van der Waals surface area contributed by atoms with Crippen molar-refractivity contribution >= 4 is 45.0 Å². The molecule has 0 aliphatic carbocycles. The highest BCUT2D eigenvalue weighted by molar-refractivity contribution is 7.92. The molecular weight excluding hydrogens is 364 g/mol. The molecule has 0 saturated carbocycles.